The molecule has 3 unspecified atom stereocenters. The molecule has 0 saturated heterocycles. The summed E-state index contributed by atoms with van der Waals surface area (Å²) in [6.07, 6.45) is 1.09. The fourth-order valence-corrected chi connectivity index (χ4v) is 2.75. The lowest BCUT2D eigenvalue weighted by molar-refractivity contribution is 0.0502. The molecule has 0 aromatic heterocycles. The molecule has 0 saturated carbocycles. The van der Waals surface area contributed by atoms with Crippen molar-refractivity contribution >= 4 is 15.9 Å². The van der Waals surface area contributed by atoms with E-state index in [0.29, 0.717) is 5.92 Å². The third-order valence-corrected chi connectivity index (χ3v) is 4.55. The lowest BCUT2D eigenvalue weighted by Crippen LogP contribution is -2.39. The van der Waals surface area contributed by atoms with Crippen LogP contribution in [0.15, 0.2) is 22.7 Å². The third kappa shape index (κ3) is 2.72. The first-order chi connectivity index (χ1) is 8.29. The molecule has 0 aliphatic carbocycles. The average Bonchev–Trinajstić information content (AvgIpc) is 2.27. The van der Waals surface area contributed by atoms with Gasteiger partial charge in [0.05, 0.1) is 0 Å². The van der Waals surface area contributed by atoms with Crippen molar-refractivity contribution in [1.29, 1.82) is 0 Å². The second-order valence-electron chi connectivity index (χ2n) is 6.34. The molecule has 1 aromatic carbocycles. The van der Waals surface area contributed by atoms with E-state index in [2.05, 4.69) is 49.7 Å². The Kier molecular flexibility index (Phi) is 3.75. The molecule has 1 aromatic rings. The predicted octanol–water partition coefficient (Wildman–Crippen LogP) is 4.28. The highest BCUT2D eigenvalue weighted by Gasteiger charge is 2.35. The summed E-state index contributed by atoms with van der Waals surface area (Å²) in [5.41, 5.74) is 7.63. The highest BCUT2D eigenvalue weighted by molar-refractivity contribution is 9.10. The number of halogens is 1. The molecule has 1 aliphatic heterocycles. The largest absolute Gasteiger partial charge is 0.490 e. The smallest absolute Gasteiger partial charge is 0.124 e. The van der Waals surface area contributed by atoms with E-state index in [9.17, 15) is 0 Å². The SMILES string of the molecule is CC(C1CC(N)c2cc(Br)ccc2O1)C(C)(C)C. The summed E-state index contributed by atoms with van der Waals surface area (Å²) < 4.78 is 7.20. The molecule has 0 amide bonds. The standard InChI is InChI=1S/C15H22BrNO/c1-9(15(2,3)4)14-8-12(17)11-7-10(16)5-6-13(11)18-14/h5-7,9,12,14H,8,17H2,1-4H3. The van der Waals surface area contributed by atoms with Crippen molar-refractivity contribution in [2.75, 3.05) is 0 Å². The molecule has 18 heavy (non-hydrogen) atoms. The Morgan fingerprint density at radius 3 is 2.67 bits per heavy atom. The van der Waals surface area contributed by atoms with Crippen LogP contribution in [-0.4, -0.2) is 6.10 Å². The van der Waals surface area contributed by atoms with Crippen LogP contribution in [0.25, 0.3) is 0 Å². The van der Waals surface area contributed by atoms with E-state index >= 15 is 0 Å². The fourth-order valence-electron chi connectivity index (χ4n) is 2.37. The van der Waals surface area contributed by atoms with Crippen LogP contribution in [0.2, 0.25) is 0 Å². The first-order valence-corrected chi connectivity index (χ1v) is 7.30. The quantitative estimate of drug-likeness (QED) is 0.840. The molecule has 3 atom stereocenters. The van der Waals surface area contributed by atoms with Gasteiger partial charge in [0.1, 0.15) is 11.9 Å². The first-order valence-electron chi connectivity index (χ1n) is 6.50. The Bertz CT molecular complexity index is 439. The van der Waals surface area contributed by atoms with Gasteiger partial charge in [-0.2, -0.15) is 0 Å². The van der Waals surface area contributed by atoms with Gasteiger partial charge in [-0.25, -0.2) is 0 Å². The molecule has 2 N–H and O–H groups in total. The fraction of sp³-hybridized carbons (Fsp3) is 0.600. The lowest BCUT2D eigenvalue weighted by Gasteiger charge is -2.39. The minimum atomic E-state index is 0.0704. The van der Waals surface area contributed by atoms with Crippen molar-refractivity contribution in [2.45, 2.75) is 46.3 Å². The Hall–Kier alpha value is -0.540. The van der Waals surface area contributed by atoms with E-state index in [1.54, 1.807) is 0 Å². The number of benzene rings is 1. The van der Waals surface area contributed by atoms with E-state index < -0.39 is 0 Å². The molecular weight excluding hydrogens is 290 g/mol. The lowest BCUT2D eigenvalue weighted by atomic mass is 9.76. The van der Waals surface area contributed by atoms with E-state index in [4.69, 9.17) is 10.5 Å². The molecule has 3 heteroatoms. The number of hydrogen-bond acceptors (Lipinski definition) is 2. The van der Waals surface area contributed by atoms with E-state index in [0.717, 1.165) is 22.2 Å². The van der Waals surface area contributed by atoms with Gasteiger partial charge < -0.3 is 10.5 Å². The number of ether oxygens (including phenoxy) is 1. The molecule has 0 radical (unpaired) electrons. The molecule has 0 spiro atoms. The van der Waals surface area contributed by atoms with Gasteiger partial charge in [0.2, 0.25) is 0 Å². The van der Waals surface area contributed by atoms with Crippen LogP contribution in [0, 0.1) is 11.3 Å². The molecular formula is C15H22BrNO. The van der Waals surface area contributed by atoms with E-state index in [-0.39, 0.29) is 17.6 Å². The van der Waals surface area contributed by atoms with Crippen LogP contribution in [0.3, 0.4) is 0 Å². The van der Waals surface area contributed by atoms with Crippen molar-refractivity contribution < 1.29 is 4.74 Å². The zero-order valence-electron chi connectivity index (χ0n) is 11.5. The van der Waals surface area contributed by atoms with Crippen LogP contribution in [-0.2, 0) is 0 Å². The molecule has 1 aliphatic rings. The maximum atomic E-state index is 6.29. The van der Waals surface area contributed by atoms with Crippen molar-refractivity contribution in [3.8, 4) is 5.75 Å². The molecule has 2 rings (SSSR count). The van der Waals surface area contributed by atoms with Gasteiger partial charge in [0, 0.05) is 22.5 Å². The summed E-state index contributed by atoms with van der Waals surface area (Å²) in [4.78, 5) is 0. The summed E-state index contributed by atoms with van der Waals surface area (Å²) in [6, 6.07) is 6.16. The number of fused-ring (bicyclic) bond motifs is 1. The Labute approximate surface area is 118 Å². The minimum Gasteiger partial charge on any atom is -0.490 e. The van der Waals surface area contributed by atoms with Crippen molar-refractivity contribution in [3.05, 3.63) is 28.2 Å². The molecule has 2 nitrogen and oxygen atoms in total. The van der Waals surface area contributed by atoms with Crippen LogP contribution in [0.4, 0.5) is 0 Å². The third-order valence-electron chi connectivity index (χ3n) is 4.06. The Balaban J connectivity index is 2.26. The zero-order chi connectivity index (χ0) is 13.5. The minimum absolute atomic E-state index is 0.0704. The van der Waals surface area contributed by atoms with Crippen LogP contribution >= 0.6 is 15.9 Å². The predicted molar refractivity (Wildman–Crippen MR) is 78.7 cm³/mol. The Morgan fingerprint density at radius 2 is 2.06 bits per heavy atom. The maximum absolute atomic E-state index is 6.29. The molecule has 0 fully saturated rings. The highest BCUT2D eigenvalue weighted by atomic mass is 79.9. The summed E-state index contributed by atoms with van der Waals surface area (Å²) in [6.45, 7) is 9.01. The summed E-state index contributed by atoms with van der Waals surface area (Å²) >= 11 is 3.48. The second kappa shape index (κ2) is 4.86. The van der Waals surface area contributed by atoms with Gasteiger partial charge in [-0.3, -0.25) is 0 Å². The zero-order valence-corrected chi connectivity index (χ0v) is 13.1. The van der Waals surface area contributed by atoms with Crippen molar-refractivity contribution in [1.82, 2.24) is 0 Å². The Morgan fingerprint density at radius 1 is 1.39 bits per heavy atom. The van der Waals surface area contributed by atoms with Crippen molar-refractivity contribution in [2.24, 2.45) is 17.1 Å². The topological polar surface area (TPSA) is 35.2 Å². The van der Waals surface area contributed by atoms with Gasteiger partial charge >= 0.3 is 0 Å². The van der Waals surface area contributed by atoms with Crippen LogP contribution in [0.1, 0.15) is 45.7 Å². The second-order valence-corrected chi connectivity index (χ2v) is 7.25. The number of rotatable bonds is 1. The van der Waals surface area contributed by atoms with Gasteiger partial charge in [-0.1, -0.05) is 43.6 Å². The van der Waals surface area contributed by atoms with E-state index in [1.165, 1.54) is 0 Å². The van der Waals surface area contributed by atoms with Crippen LogP contribution < -0.4 is 10.5 Å². The summed E-state index contributed by atoms with van der Waals surface area (Å²) in [5.74, 6) is 1.42. The average molecular weight is 312 g/mol. The highest BCUT2D eigenvalue weighted by Crippen LogP contribution is 2.40. The normalized spacial score (nSPS) is 25.2. The molecule has 100 valence electrons. The summed E-state index contributed by atoms with van der Waals surface area (Å²) in [5, 5.41) is 0. The monoisotopic (exact) mass is 311 g/mol. The van der Waals surface area contributed by atoms with Gasteiger partial charge in [0.25, 0.3) is 0 Å². The van der Waals surface area contributed by atoms with E-state index in [1.807, 2.05) is 12.1 Å². The van der Waals surface area contributed by atoms with Crippen molar-refractivity contribution in [3.63, 3.8) is 0 Å². The van der Waals surface area contributed by atoms with Gasteiger partial charge in [-0.05, 0) is 29.5 Å². The van der Waals surface area contributed by atoms with Gasteiger partial charge in [-0.15, -0.1) is 0 Å². The first kappa shape index (κ1) is 13.9. The number of hydrogen-bond donors (Lipinski definition) is 1. The maximum Gasteiger partial charge on any atom is 0.124 e. The molecule has 1 heterocycles. The van der Waals surface area contributed by atoms with Crippen LogP contribution in [0.5, 0.6) is 5.75 Å². The summed E-state index contributed by atoms with van der Waals surface area (Å²) in [7, 11) is 0. The number of nitrogens with two attached hydrogens (primary N) is 1. The molecule has 0 bridgehead atoms. The van der Waals surface area contributed by atoms with Gasteiger partial charge in [0.15, 0.2) is 0 Å².